The maximum Gasteiger partial charge on any atom is 0.248 e. The highest BCUT2D eigenvalue weighted by atomic mass is 32.2. The smallest absolute Gasteiger partial charge is 0.248 e. The molecule has 1 fully saturated rings. The van der Waals surface area contributed by atoms with E-state index in [1.54, 1.807) is 31.4 Å². The molecule has 27 heavy (non-hydrogen) atoms. The standard InChI is InChI=1S/C19H22N2O5S/c1-25-15-5-4-6-16(13-15)26-18-7-2-3-12-21(18)27(23,24)17-10-8-14(9-11-17)19(20)22/h4-6,8-11,13,18H,2-3,7,12H2,1H3,(H2,20,22). The van der Waals surface area contributed by atoms with Crippen LogP contribution in [0.5, 0.6) is 11.5 Å². The second-order valence-corrected chi connectivity index (χ2v) is 8.14. The van der Waals surface area contributed by atoms with Gasteiger partial charge in [0.25, 0.3) is 0 Å². The van der Waals surface area contributed by atoms with Gasteiger partial charge in [-0.3, -0.25) is 4.79 Å². The Morgan fingerprint density at radius 3 is 2.48 bits per heavy atom. The van der Waals surface area contributed by atoms with Crippen LogP contribution in [0.25, 0.3) is 0 Å². The number of hydrogen-bond donors (Lipinski definition) is 1. The molecule has 1 unspecified atom stereocenters. The fraction of sp³-hybridized carbons (Fsp3) is 0.316. The van der Waals surface area contributed by atoms with E-state index < -0.39 is 22.2 Å². The van der Waals surface area contributed by atoms with Crippen molar-refractivity contribution in [2.45, 2.75) is 30.4 Å². The van der Waals surface area contributed by atoms with Crippen molar-refractivity contribution >= 4 is 15.9 Å². The van der Waals surface area contributed by atoms with E-state index in [1.165, 1.54) is 28.6 Å². The molecule has 0 radical (unpaired) electrons. The van der Waals surface area contributed by atoms with Gasteiger partial charge in [0, 0.05) is 18.2 Å². The summed E-state index contributed by atoms with van der Waals surface area (Å²) in [6, 6.07) is 12.7. The number of nitrogens with two attached hydrogens (primary N) is 1. The summed E-state index contributed by atoms with van der Waals surface area (Å²) in [7, 11) is -2.20. The molecule has 0 aromatic heterocycles. The Morgan fingerprint density at radius 2 is 1.81 bits per heavy atom. The number of ether oxygens (including phenoxy) is 2. The number of primary amides is 1. The van der Waals surface area contributed by atoms with Crippen LogP contribution in [0, 0.1) is 0 Å². The van der Waals surface area contributed by atoms with Gasteiger partial charge in [-0.15, -0.1) is 0 Å². The summed E-state index contributed by atoms with van der Waals surface area (Å²) in [6.07, 6.45) is 1.62. The highest BCUT2D eigenvalue weighted by Crippen LogP contribution is 2.29. The lowest BCUT2D eigenvalue weighted by atomic mass is 10.1. The SMILES string of the molecule is COc1cccc(OC2CCCCN2S(=O)(=O)c2ccc(C(N)=O)cc2)c1. The highest BCUT2D eigenvalue weighted by Gasteiger charge is 2.35. The normalized spacial score (nSPS) is 18.0. The number of methoxy groups -OCH3 is 1. The first-order chi connectivity index (χ1) is 12.9. The molecule has 8 heteroatoms. The summed E-state index contributed by atoms with van der Waals surface area (Å²) >= 11 is 0. The number of hydrogen-bond acceptors (Lipinski definition) is 5. The molecular formula is C19H22N2O5S. The summed E-state index contributed by atoms with van der Waals surface area (Å²) in [5, 5.41) is 0. The Morgan fingerprint density at radius 1 is 1.11 bits per heavy atom. The molecule has 2 aromatic rings. The predicted octanol–water partition coefficient (Wildman–Crippen LogP) is 2.37. The van der Waals surface area contributed by atoms with Crippen LogP contribution in [0.1, 0.15) is 29.6 Å². The van der Waals surface area contributed by atoms with Crippen molar-refractivity contribution in [3.05, 3.63) is 54.1 Å². The number of amides is 1. The third kappa shape index (κ3) is 4.23. The van der Waals surface area contributed by atoms with Crippen LogP contribution in [-0.2, 0) is 10.0 Å². The van der Waals surface area contributed by atoms with Gasteiger partial charge in [0.15, 0.2) is 6.23 Å². The Balaban J connectivity index is 1.85. The van der Waals surface area contributed by atoms with Crippen molar-refractivity contribution in [1.29, 1.82) is 0 Å². The molecule has 3 rings (SSSR count). The molecular weight excluding hydrogens is 368 g/mol. The second kappa shape index (κ2) is 7.98. The Hall–Kier alpha value is -2.58. The van der Waals surface area contributed by atoms with E-state index >= 15 is 0 Å². The topological polar surface area (TPSA) is 98.9 Å². The maximum absolute atomic E-state index is 13.1. The monoisotopic (exact) mass is 390 g/mol. The molecule has 1 aliphatic heterocycles. The average molecular weight is 390 g/mol. The van der Waals surface area contributed by atoms with E-state index in [0.717, 1.165) is 12.8 Å². The molecule has 1 atom stereocenters. The van der Waals surface area contributed by atoms with Crippen molar-refractivity contribution < 1.29 is 22.7 Å². The Labute approximate surface area is 158 Å². The first kappa shape index (κ1) is 19.2. The average Bonchev–Trinajstić information content (AvgIpc) is 2.68. The molecule has 2 N–H and O–H groups in total. The number of piperidine rings is 1. The van der Waals surface area contributed by atoms with Crippen molar-refractivity contribution in [3.8, 4) is 11.5 Å². The van der Waals surface area contributed by atoms with Gasteiger partial charge in [0.1, 0.15) is 11.5 Å². The van der Waals surface area contributed by atoms with E-state index in [2.05, 4.69) is 0 Å². The van der Waals surface area contributed by atoms with Crippen LogP contribution in [0.2, 0.25) is 0 Å². The number of sulfonamides is 1. The van der Waals surface area contributed by atoms with Gasteiger partial charge >= 0.3 is 0 Å². The molecule has 0 aliphatic carbocycles. The number of carbonyl (C=O) groups excluding carboxylic acids is 1. The number of carbonyl (C=O) groups is 1. The minimum absolute atomic E-state index is 0.105. The lowest BCUT2D eigenvalue weighted by Gasteiger charge is -2.34. The predicted molar refractivity (Wildman–Crippen MR) is 100 cm³/mol. The molecule has 0 spiro atoms. The summed E-state index contributed by atoms with van der Waals surface area (Å²) < 4.78 is 38.7. The minimum atomic E-state index is -3.76. The van der Waals surface area contributed by atoms with E-state index in [-0.39, 0.29) is 10.5 Å². The fourth-order valence-corrected chi connectivity index (χ4v) is 4.60. The van der Waals surface area contributed by atoms with Gasteiger partial charge in [0.2, 0.25) is 15.9 Å². The van der Waals surface area contributed by atoms with E-state index in [4.69, 9.17) is 15.2 Å². The first-order valence-corrected chi connectivity index (χ1v) is 10.1. The first-order valence-electron chi connectivity index (χ1n) is 8.64. The molecule has 7 nitrogen and oxygen atoms in total. The van der Waals surface area contributed by atoms with Crippen LogP contribution in [0.4, 0.5) is 0 Å². The third-order valence-corrected chi connectivity index (χ3v) is 6.36. The van der Waals surface area contributed by atoms with Crippen molar-refractivity contribution in [1.82, 2.24) is 4.31 Å². The second-order valence-electron chi connectivity index (χ2n) is 6.25. The molecule has 1 amide bonds. The van der Waals surface area contributed by atoms with Gasteiger partial charge in [-0.1, -0.05) is 6.07 Å². The van der Waals surface area contributed by atoms with Crippen LogP contribution in [0.15, 0.2) is 53.4 Å². The van der Waals surface area contributed by atoms with Crippen molar-refractivity contribution in [3.63, 3.8) is 0 Å². The van der Waals surface area contributed by atoms with Gasteiger partial charge in [-0.05, 0) is 55.7 Å². The molecule has 0 bridgehead atoms. The van der Waals surface area contributed by atoms with E-state index in [9.17, 15) is 13.2 Å². The Kier molecular flexibility index (Phi) is 5.67. The zero-order valence-electron chi connectivity index (χ0n) is 15.0. The van der Waals surface area contributed by atoms with Crippen LogP contribution < -0.4 is 15.2 Å². The molecule has 1 heterocycles. The lowest BCUT2D eigenvalue weighted by Crippen LogP contribution is -2.46. The quantitative estimate of drug-likeness (QED) is 0.816. The molecule has 0 saturated carbocycles. The van der Waals surface area contributed by atoms with Crippen LogP contribution in [0.3, 0.4) is 0 Å². The van der Waals surface area contributed by atoms with E-state index in [1.807, 2.05) is 0 Å². The Bertz CT molecular complexity index is 912. The number of rotatable bonds is 6. The summed E-state index contributed by atoms with van der Waals surface area (Å²) in [5.41, 5.74) is 5.48. The lowest BCUT2D eigenvalue weighted by molar-refractivity contribution is 0.0555. The molecule has 2 aromatic carbocycles. The third-order valence-electron chi connectivity index (χ3n) is 4.46. The maximum atomic E-state index is 13.1. The van der Waals surface area contributed by atoms with E-state index in [0.29, 0.717) is 24.5 Å². The van der Waals surface area contributed by atoms with Crippen molar-refractivity contribution in [2.24, 2.45) is 5.73 Å². The van der Waals surface area contributed by atoms with Gasteiger partial charge in [-0.25, -0.2) is 8.42 Å². The minimum Gasteiger partial charge on any atom is -0.497 e. The number of benzene rings is 2. The molecule has 1 aliphatic rings. The summed E-state index contributed by atoms with van der Waals surface area (Å²) in [4.78, 5) is 11.3. The molecule has 144 valence electrons. The zero-order chi connectivity index (χ0) is 19.4. The van der Waals surface area contributed by atoms with Gasteiger partial charge in [0.05, 0.1) is 12.0 Å². The summed E-state index contributed by atoms with van der Waals surface area (Å²) in [5.74, 6) is 0.585. The fourth-order valence-electron chi connectivity index (χ4n) is 3.03. The van der Waals surface area contributed by atoms with Crippen LogP contribution in [-0.4, -0.2) is 38.5 Å². The van der Waals surface area contributed by atoms with Gasteiger partial charge in [-0.2, -0.15) is 4.31 Å². The highest BCUT2D eigenvalue weighted by molar-refractivity contribution is 7.89. The van der Waals surface area contributed by atoms with Crippen molar-refractivity contribution in [2.75, 3.05) is 13.7 Å². The largest absolute Gasteiger partial charge is 0.497 e. The summed E-state index contributed by atoms with van der Waals surface area (Å²) in [6.45, 7) is 0.370. The van der Waals surface area contributed by atoms with Gasteiger partial charge < -0.3 is 15.2 Å². The van der Waals surface area contributed by atoms with Crippen LogP contribution >= 0.6 is 0 Å². The number of nitrogens with zero attached hydrogens (tertiary/aromatic N) is 1. The molecule has 1 saturated heterocycles. The zero-order valence-corrected chi connectivity index (χ0v) is 15.8.